The lowest BCUT2D eigenvalue weighted by molar-refractivity contribution is -0.146. The van der Waals surface area contributed by atoms with Gasteiger partial charge in [-0.3, -0.25) is 4.79 Å². The Morgan fingerprint density at radius 2 is 1.94 bits per heavy atom. The van der Waals surface area contributed by atoms with E-state index in [-0.39, 0.29) is 5.91 Å². The fourth-order valence-corrected chi connectivity index (χ4v) is 1.09. The summed E-state index contributed by atoms with van der Waals surface area (Å²) in [4.78, 5) is 23.1. The second-order valence-corrected chi connectivity index (χ2v) is 4.73. The van der Waals surface area contributed by atoms with Crippen LogP contribution >= 0.6 is 0 Å². The smallest absolute Gasteiger partial charge is 0.328 e. The Morgan fingerprint density at radius 3 is 2.31 bits per heavy atom. The fourth-order valence-electron chi connectivity index (χ4n) is 1.09. The summed E-state index contributed by atoms with van der Waals surface area (Å²) in [5, 5.41) is 2.67. The number of amides is 1. The van der Waals surface area contributed by atoms with Gasteiger partial charge in [0, 0.05) is 5.41 Å². The Kier molecular flexibility index (Phi) is 6.03. The minimum atomic E-state index is -0.597. The first-order valence-corrected chi connectivity index (χ1v) is 5.41. The number of carbonyl (C=O) groups excluding carboxylic acids is 2. The first-order valence-electron chi connectivity index (χ1n) is 5.41. The molecule has 0 aliphatic rings. The highest BCUT2D eigenvalue weighted by Crippen LogP contribution is 2.13. The predicted molar refractivity (Wildman–Crippen MR) is 61.7 cm³/mol. The van der Waals surface area contributed by atoms with Crippen molar-refractivity contribution < 1.29 is 14.3 Å². The Bertz CT molecular complexity index is 246. The zero-order valence-corrected chi connectivity index (χ0v) is 10.5. The van der Waals surface area contributed by atoms with Crippen molar-refractivity contribution in [3.8, 4) is 0 Å². The molecule has 0 spiro atoms. The monoisotopic (exact) mass is 230 g/mol. The van der Waals surface area contributed by atoms with Gasteiger partial charge in [-0.15, -0.1) is 0 Å². The topological polar surface area (TPSA) is 81.4 Å². The van der Waals surface area contributed by atoms with Crippen molar-refractivity contribution in [3.63, 3.8) is 0 Å². The molecular weight excluding hydrogens is 208 g/mol. The van der Waals surface area contributed by atoms with Crippen LogP contribution in [-0.2, 0) is 14.3 Å². The van der Waals surface area contributed by atoms with E-state index in [1.54, 1.807) is 20.8 Å². The van der Waals surface area contributed by atoms with E-state index in [9.17, 15) is 9.59 Å². The quantitative estimate of drug-likeness (QED) is 0.671. The summed E-state index contributed by atoms with van der Waals surface area (Å²) >= 11 is 0. The Balaban J connectivity index is 4.42. The van der Waals surface area contributed by atoms with Crippen molar-refractivity contribution in [1.29, 1.82) is 0 Å². The van der Waals surface area contributed by atoms with E-state index in [1.165, 1.54) is 7.11 Å². The summed E-state index contributed by atoms with van der Waals surface area (Å²) in [7, 11) is 1.31. The van der Waals surface area contributed by atoms with Gasteiger partial charge in [-0.2, -0.15) is 0 Å². The van der Waals surface area contributed by atoms with E-state index in [0.717, 1.165) is 0 Å². The number of nitrogens with one attached hydrogen (secondary N) is 1. The van der Waals surface area contributed by atoms with Crippen LogP contribution in [0.3, 0.4) is 0 Å². The number of hydrogen-bond donors (Lipinski definition) is 2. The molecule has 0 saturated heterocycles. The molecule has 5 heteroatoms. The maximum absolute atomic E-state index is 11.7. The van der Waals surface area contributed by atoms with E-state index < -0.39 is 17.4 Å². The number of rotatable bonds is 5. The molecule has 0 unspecified atom stereocenters. The van der Waals surface area contributed by atoms with Crippen molar-refractivity contribution in [3.05, 3.63) is 0 Å². The van der Waals surface area contributed by atoms with E-state index in [4.69, 9.17) is 5.73 Å². The SMILES string of the molecule is COC(=O)[C@H](CCCN)NC(=O)C(C)(C)C. The highest BCUT2D eigenvalue weighted by Gasteiger charge is 2.27. The van der Waals surface area contributed by atoms with Crippen molar-refractivity contribution in [2.45, 2.75) is 39.7 Å². The highest BCUT2D eigenvalue weighted by atomic mass is 16.5. The summed E-state index contributed by atoms with van der Waals surface area (Å²) in [6.45, 7) is 5.86. The van der Waals surface area contributed by atoms with Crippen LogP contribution in [0.4, 0.5) is 0 Å². The Morgan fingerprint density at radius 1 is 1.38 bits per heavy atom. The largest absolute Gasteiger partial charge is 0.467 e. The average Bonchev–Trinajstić information content (AvgIpc) is 2.21. The number of esters is 1. The van der Waals surface area contributed by atoms with E-state index in [0.29, 0.717) is 19.4 Å². The molecule has 0 radical (unpaired) electrons. The summed E-state index contributed by atoms with van der Waals surface area (Å²) in [5.74, 6) is -0.592. The lowest BCUT2D eigenvalue weighted by atomic mass is 9.95. The van der Waals surface area contributed by atoms with Crippen LogP contribution in [0.15, 0.2) is 0 Å². The molecule has 1 atom stereocenters. The van der Waals surface area contributed by atoms with E-state index in [1.807, 2.05) is 0 Å². The molecule has 0 aliphatic carbocycles. The van der Waals surface area contributed by atoms with Crippen LogP contribution in [0.2, 0.25) is 0 Å². The van der Waals surface area contributed by atoms with Crippen molar-refractivity contribution in [2.75, 3.05) is 13.7 Å². The lowest BCUT2D eigenvalue weighted by Gasteiger charge is -2.22. The van der Waals surface area contributed by atoms with Crippen LogP contribution in [0.5, 0.6) is 0 Å². The molecule has 0 heterocycles. The first kappa shape index (κ1) is 14.9. The number of carbonyl (C=O) groups is 2. The first-order chi connectivity index (χ1) is 7.32. The lowest BCUT2D eigenvalue weighted by Crippen LogP contribution is -2.46. The van der Waals surface area contributed by atoms with Crippen LogP contribution < -0.4 is 11.1 Å². The van der Waals surface area contributed by atoms with Crippen molar-refractivity contribution >= 4 is 11.9 Å². The number of methoxy groups -OCH3 is 1. The molecule has 0 aromatic rings. The number of nitrogens with two attached hydrogens (primary N) is 1. The van der Waals surface area contributed by atoms with Crippen molar-refractivity contribution in [1.82, 2.24) is 5.32 Å². The Hall–Kier alpha value is -1.10. The second kappa shape index (κ2) is 6.48. The van der Waals surface area contributed by atoms with Gasteiger partial charge in [0.25, 0.3) is 0 Å². The van der Waals surface area contributed by atoms with Gasteiger partial charge in [-0.25, -0.2) is 4.79 Å². The summed E-state index contributed by atoms with van der Waals surface area (Å²) < 4.78 is 4.63. The molecule has 0 bridgehead atoms. The molecule has 0 saturated carbocycles. The third-order valence-corrected chi connectivity index (χ3v) is 2.17. The van der Waals surface area contributed by atoms with Crippen LogP contribution in [0.25, 0.3) is 0 Å². The minimum absolute atomic E-state index is 0.167. The Labute approximate surface area is 96.7 Å². The van der Waals surface area contributed by atoms with Crippen LogP contribution in [0, 0.1) is 5.41 Å². The number of ether oxygens (including phenoxy) is 1. The summed E-state index contributed by atoms with van der Waals surface area (Å²) in [6, 6.07) is -0.597. The number of hydrogen-bond acceptors (Lipinski definition) is 4. The molecule has 0 aromatic heterocycles. The van der Waals surface area contributed by atoms with Crippen LogP contribution in [0.1, 0.15) is 33.6 Å². The molecule has 3 N–H and O–H groups in total. The van der Waals surface area contributed by atoms with Gasteiger partial charge >= 0.3 is 5.97 Å². The fraction of sp³-hybridized carbons (Fsp3) is 0.818. The predicted octanol–water partition coefficient (Wildman–Crippen LogP) is 0.429. The third-order valence-electron chi connectivity index (χ3n) is 2.17. The molecule has 5 nitrogen and oxygen atoms in total. The van der Waals surface area contributed by atoms with Gasteiger partial charge in [0.05, 0.1) is 7.11 Å². The van der Waals surface area contributed by atoms with Gasteiger partial charge in [0.1, 0.15) is 6.04 Å². The zero-order chi connectivity index (χ0) is 12.8. The van der Waals surface area contributed by atoms with E-state index >= 15 is 0 Å². The normalized spacial score (nSPS) is 13.1. The third kappa shape index (κ3) is 5.11. The van der Waals surface area contributed by atoms with Gasteiger partial charge in [0.2, 0.25) is 5.91 Å². The minimum Gasteiger partial charge on any atom is -0.467 e. The highest BCUT2D eigenvalue weighted by molar-refractivity contribution is 5.87. The van der Waals surface area contributed by atoms with E-state index in [2.05, 4.69) is 10.1 Å². The maximum atomic E-state index is 11.7. The molecule has 94 valence electrons. The summed E-state index contributed by atoms with van der Waals surface area (Å²) in [5.41, 5.74) is 4.85. The summed E-state index contributed by atoms with van der Waals surface area (Å²) in [6.07, 6.45) is 1.18. The van der Waals surface area contributed by atoms with Crippen molar-refractivity contribution in [2.24, 2.45) is 11.1 Å². The molecule has 0 aromatic carbocycles. The van der Waals surface area contributed by atoms with Crippen LogP contribution in [-0.4, -0.2) is 31.6 Å². The molecule has 16 heavy (non-hydrogen) atoms. The molecular formula is C11H22N2O3. The molecule has 1 amide bonds. The molecule has 0 fully saturated rings. The average molecular weight is 230 g/mol. The molecule has 0 aliphatic heterocycles. The maximum Gasteiger partial charge on any atom is 0.328 e. The second-order valence-electron chi connectivity index (χ2n) is 4.73. The molecule has 0 rings (SSSR count). The van der Waals surface area contributed by atoms with Gasteiger partial charge in [-0.1, -0.05) is 20.8 Å². The standard InChI is InChI=1S/C11H22N2O3/c1-11(2,3)10(15)13-8(6-5-7-12)9(14)16-4/h8H,5-7,12H2,1-4H3,(H,13,15)/t8-/m0/s1. The van der Waals surface area contributed by atoms with Gasteiger partial charge < -0.3 is 15.8 Å². The zero-order valence-electron chi connectivity index (χ0n) is 10.5. The van der Waals surface area contributed by atoms with Gasteiger partial charge in [-0.05, 0) is 19.4 Å². The van der Waals surface area contributed by atoms with Gasteiger partial charge in [0.15, 0.2) is 0 Å².